The summed E-state index contributed by atoms with van der Waals surface area (Å²) in [5.74, 6) is 1.14. The van der Waals surface area contributed by atoms with E-state index in [2.05, 4.69) is 26.2 Å². The van der Waals surface area contributed by atoms with Crippen molar-refractivity contribution in [2.24, 2.45) is 0 Å². The average Bonchev–Trinajstić information content (AvgIpc) is 3.17. The molecule has 6 heteroatoms. The van der Waals surface area contributed by atoms with E-state index >= 15 is 0 Å². The molecule has 0 aliphatic carbocycles. The van der Waals surface area contributed by atoms with Gasteiger partial charge in [0.15, 0.2) is 5.13 Å². The van der Waals surface area contributed by atoms with Gasteiger partial charge in [-0.15, -0.1) is 11.3 Å². The number of furan rings is 1. The molecular weight excluding hydrogens is 364 g/mol. The molecule has 0 saturated heterocycles. The fourth-order valence-corrected chi connectivity index (χ4v) is 2.60. The van der Waals surface area contributed by atoms with E-state index in [-0.39, 0.29) is 5.91 Å². The quantitative estimate of drug-likeness (QED) is 0.666. The van der Waals surface area contributed by atoms with Crippen molar-refractivity contribution in [3.63, 3.8) is 0 Å². The lowest BCUT2D eigenvalue weighted by molar-refractivity contribution is -0.111. The van der Waals surface area contributed by atoms with Crippen LogP contribution in [0.1, 0.15) is 5.76 Å². The van der Waals surface area contributed by atoms with Crippen LogP contribution in [0.25, 0.3) is 17.4 Å². The Morgan fingerprint density at radius 3 is 2.77 bits per heavy atom. The van der Waals surface area contributed by atoms with Crippen molar-refractivity contribution in [3.8, 4) is 11.3 Å². The van der Waals surface area contributed by atoms with Gasteiger partial charge in [-0.2, -0.15) is 0 Å². The van der Waals surface area contributed by atoms with E-state index in [1.807, 2.05) is 36.4 Å². The second kappa shape index (κ2) is 6.72. The van der Waals surface area contributed by atoms with E-state index in [0.29, 0.717) is 10.9 Å². The number of anilines is 1. The van der Waals surface area contributed by atoms with Crippen molar-refractivity contribution in [1.82, 2.24) is 4.98 Å². The molecule has 1 N–H and O–H groups in total. The summed E-state index contributed by atoms with van der Waals surface area (Å²) in [6, 6.07) is 11.5. The molecule has 2 aromatic heterocycles. The van der Waals surface area contributed by atoms with Gasteiger partial charge in [-0.05, 0) is 30.3 Å². The van der Waals surface area contributed by atoms with Gasteiger partial charge in [0.25, 0.3) is 0 Å². The van der Waals surface area contributed by atoms with E-state index < -0.39 is 0 Å². The topological polar surface area (TPSA) is 55.1 Å². The van der Waals surface area contributed by atoms with Crippen LogP contribution >= 0.6 is 27.3 Å². The number of rotatable bonds is 4. The lowest BCUT2D eigenvalue weighted by Gasteiger charge is -1.97. The number of benzene rings is 1. The minimum Gasteiger partial charge on any atom is -0.457 e. The molecule has 22 heavy (non-hydrogen) atoms. The van der Waals surface area contributed by atoms with Gasteiger partial charge in [0, 0.05) is 27.7 Å². The van der Waals surface area contributed by atoms with E-state index in [1.165, 1.54) is 17.4 Å². The Balaban J connectivity index is 1.67. The van der Waals surface area contributed by atoms with Crippen molar-refractivity contribution >= 4 is 44.4 Å². The van der Waals surface area contributed by atoms with Crippen molar-refractivity contribution in [1.29, 1.82) is 0 Å². The molecule has 0 spiro atoms. The van der Waals surface area contributed by atoms with E-state index in [4.69, 9.17) is 4.42 Å². The number of hydrogen-bond donors (Lipinski definition) is 1. The minimum atomic E-state index is -0.239. The molecule has 4 nitrogen and oxygen atoms in total. The van der Waals surface area contributed by atoms with E-state index in [0.717, 1.165) is 15.8 Å². The summed E-state index contributed by atoms with van der Waals surface area (Å²) < 4.78 is 6.72. The van der Waals surface area contributed by atoms with Crippen LogP contribution in [0.3, 0.4) is 0 Å². The molecule has 0 fully saturated rings. The van der Waals surface area contributed by atoms with Crippen LogP contribution in [0.5, 0.6) is 0 Å². The highest BCUT2D eigenvalue weighted by Gasteiger charge is 2.04. The molecular formula is C16H11BrN2O2S. The normalized spacial score (nSPS) is 11.0. The van der Waals surface area contributed by atoms with Crippen LogP contribution in [0, 0.1) is 0 Å². The van der Waals surface area contributed by atoms with Crippen LogP contribution in [-0.4, -0.2) is 10.9 Å². The van der Waals surface area contributed by atoms with Gasteiger partial charge in [-0.25, -0.2) is 4.98 Å². The number of aromatic nitrogens is 1. The summed E-state index contributed by atoms with van der Waals surface area (Å²) in [6.07, 6.45) is 4.69. The lowest BCUT2D eigenvalue weighted by atomic mass is 10.2. The largest absolute Gasteiger partial charge is 0.457 e. The molecule has 3 aromatic rings. The first kappa shape index (κ1) is 14.7. The van der Waals surface area contributed by atoms with Crippen molar-refractivity contribution in [2.75, 3.05) is 5.32 Å². The highest BCUT2D eigenvalue weighted by molar-refractivity contribution is 9.10. The third kappa shape index (κ3) is 3.72. The van der Waals surface area contributed by atoms with Gasteiger partial charge >= 0.3 is 0 Å². The Kier molecular flexibility index (Phi) is 4.50. The Hall–Kier alpha value is -2.18. The Bertz CT molecular complexity index is 792. The maximum atomic E-state index is 11.7. The standard InChI is InChI=1S/C16H11BrN2O2S/c17-12-3-1-11(2-4-12)14-7-5-13(21-14)6-8-15(20)19-16-18-9-10-22-16/h1-10H,(H,18,19,20). The van der Waals surface area contributed by atoms with Gasteiger partial charge in [-0.1, -0.05) is 28.1 Å². The van der Waals surface area contributed by atoms with Crippen molar-refractivity contribution < 1.29 is 9.21 Å². The number of carbonyl (C=O) groups is 1. The molecule has 0 saturated carbocycles. The Morgan fingerprint density at radius 1 is 1.23 bits per heavy atom. The predicted molar refractivity (Wildman–Crippen MR) is 91.6 cm³/mol. The zero-order valence-electron chi connectivity index (χ0n) is 11.3. The number of carbonyl (C=O) groups excluding carboxylic acids is 1. The Morgan fingerprint density at radius 2 is 2.05 bits per heavy atom. The van der Waals surface area contributed by atoms with Gasteiger partial charge in [-0.3, -0.25) is 10.1 Å². The maximum Gasteiger partial charge on any atom is 0.250 e. The first-order valence-electron chi connectivity index (χ1n) is 6.45. The Labute approximate surface area is 139 Å². The summed E-state index contributed by atoms with van der Waals surface area (Å²) in [4.78, 5) is 15.7. The van der Waals surface area contributed by atoms with E-state index in [1.54, 1.807) is 17.7 Å². The summed E-state index contributed by atoms with van der Waals surface area (Å²) in [7, 11) is 0. The molecule has 0 unspecified atom stereocenters. The molecule has 3 rings (SSSR count). The molecule has 1 amide bonds. The number of nitrogens with one attached hydrogen (secondary N) is 1. The van der Waals surface area contributed by atoms with Crippen LogP contribution in [0.2, 0.25) is 0 Å². The molecule has 2 heterocycles. The third-order valence-corrected chi connectivity index (χ3v) is 4.03. The fraction of sp³-hybridized carbons (Fsp3) is 0. The number of halogens is 1. The number of nitrogens with zero attached hydrogens (tertiary/aromatic N) is 1. The smallest absolute Gasteiger partial charge is 0.250 e. The highest BCUT2D eigenvalue weighted by atomic mass is 79.9. The summed E-state index contributed by atoms with van der Waals surface area (Å²) >= 11 is 4.77. The molecule has 1 aromatic carbocycles. The summed E-state index contributed by atoms with van der Waals surface area (Å²) in [6.45, 7) is 0. The monoisotopic (exact) mass is 374 g/mol. The van der Waals surface area contributed by atoms with Crippen LogP contribution < -0.4 is 5.32 Å². The number of thiazole rings is 1. The van der Waals surface area contributed by atoms with Crippen molar-refractivity contribution in [3.05, 3.63) is 64.3 Å². The molecule has 0 aliphatic rings. The SMILES string of the molecule is O=C(C=Cc1ccc(-c2ccc(Br)cc2)o1)Nc1nccs1. The molecule has 0 atom stereocenters. The number of hydrogen-bond acceptors (Lipinski definition) is 4. The van der Waals surface area contributed by atoms with Crippen LogP contribution in [-0.2, 0) is 4.79 Å². The minimum absolute atomic E-state index is 0.239. The third-order valence-electron chi connectivity index (χ3n) is 2.82. The maximum absolute atomic E-state index is 11.7. The van der Waals surface area contributed by atoms with Gasteiger partial charge in [0.2, 0.25) is 5.91 Å². The summed E-state index contributed by atoms with van der Waals surface area (Å²) in [5.41, 5.74) is 0.982. The highest BCUT2D eigenvalue weighted by Crippen LogP contribution is 2.24. The average molecular weight is 375 g/mol. The second-order valence-corrected chi connectivity index (χ2v) is 6.18. The zero-order valence-corrected chi connectivity index (χ0v) is 13.7. The molecule has 0 aliphatic heterocycles. The first-order chi connectivity index (χ1) is 10.7. The van der Waals surface area contributed by atoms with Gasteiger partial charge in [0.05, 0.1) is 0 Å². The molecule has 0 bridgehead atoms. The zero-order chi connectivity index (χ0) is 15.4. The van der Waals surface area contributed by atoms with Gasteiger partial charge < -0.3 is 4.42 Å². The lowest BCUT2D eigenvalue weighted by Crippen LogP contribution is -2.06. The predicted octanol–water partition coefficient (Wildman–Crippen LogP) is 4.82. The number of amides is 1. The van der Waals surface area contributed by atoms with Gasteiger partial charge in [0.1, 0.15) is 11.5 Å². The van der Waals surface area contributed by atoms with Crippen LogP contribution in [0.4, 0.5) is 5.13 Å². The molecule has 0 radical (unpaired) electrons. The van der Waals surface area contributed by atoms with Crippen LogP contribution in [0.15, 0.2) is 62.9 Å². The second-order valence-electron chi connectivity index (χ2n) is 4.37. The van der Waals surface area contributed by atoms with Crippen molar-refractivity contribution in [2.45, 2.75) is 0 Å². The molecule has 110 valence electrons. The van der Waals surface area contributed by atoms with E-state index in [9.17, 15) is 4.79 Å². The fourth-order valence-electron chi connectivity index (χ4n) is 1.80. The summed E-state index contributed by atoms with van der Waals surface area (Å²) in [5, 5.41) is 5.05. The first-order valence-corrected chi connectivity index (χ1v) is 8.12.